The third-order valence-electron chi connectivity index (χ3n) is 11.3. The lowest BCUT2D eigenvalue weighted by Crippen LogP contribution is -2.62. The number of rotatable bonds is 10. The van der Waals surface area contributed by atoms with E-state index in [-0.39, 0.29) is 48.6 Å². The van der Waals surface area contributed by atoms with Crippen molar-refractivity contribution in [2.24, 2.45) is 33.7 Å². The van der Waals surface area contributed by atoms with Crippen LogP contribution in [0.2, 0.25) is 0 Å². The van der Waals surface area contributed by atoms with E-state index in [9.17, 15) is 34.8 Å². The first kappa shape index (κ1) is 33.1. The van der Waals surface area contributed by atoms with Gasteiger partial charge in [0.2, 0.25) is 0 Å². The number of phenols is 1. The quantitative estimate of drug-likeness (QED) is 0.193. The van der Waals surface area contributed by atoms with Gasteiger partial charge in [0.1, 0.15) is 24.0 Å². The fourth-order valence-corrected chi connectivity index (χ4v) is 9.08. The number of Topliss-reactive ketones (excluding diaryl/α,β-unsaturated/α-hetero) is 1. The Kier molecular flexibility index (Phi) is 9.45. The van der Waals surface area contributed by atoms with Gasteiger partial charge in [0.15, 0.2) is 12.4 Å². The molecule has 4 aliphatic carbocycles. The molecule has 3 fully saturated rings. The van der Waals surface area contributed by atoms with Crippen LogP contribution < -0.4 is 5.32 Å². The maximum Gasteiger partial charge on any atom is 0.328 e. The molecule has 0 radical (unpaired) electrons. The summed E-state index contributed by atoms with van der Waals surface area (Å²) < 4.78 is 5.13. The SMILES string of the molecule is CCOC(=O)[C@H](Cc1ccc(O)cc1)NC(=O)CON=C1C=C2CC[C@@H]3[C@@H]([C@@H](O)C[C@@]4(C)[C@@H]3CC[C@]4(O)C(=O)CO)[C@]2(C)CC1. The number of carbonyl (C=O) groups excluding carboxylic acids is 3. The predicted molar refractivity (Wildman–Crippen MR) is 164 cm³/mol. The number of hydrogen-bond acceptors (Lipinski definition) is 10. The smallest absolute Gasteiger partial charge is 0.328 e. The molecule has 0 aliphatic heterocycles. The number of carbonyl (C=O) groups is 3. The second-order valence-electron chi connectivity index (χ2n) is 13.7. The molecule has 1 aromatic carbocycles. The fourth-order valence-electron chi connectivity index (χ4n) is 9.08. The second-order valence-corrected chi connectivity index (χ2v) is 13.7. The number of benzene rings is 1. The van der Waals surface area contributed by atoms with E-state index in [1.165, 1.54) is 17.7 Å². The Morgan fingerprint density at radius 1 is 1.11 bits per heavy atom. The summed E-state index contributed by atoms with van der Waals surface area (Å²) >= 11 is 0. The van der Waals surface area contributed by atoms with Gasteiger partial charge < -0.3 is 35.3 Å². The number of ketones is 1. The van der Waals surface area contributed by atoms with Crippen molar-refractivity contribution in [2.45, 2.75) is 89.9 Å². The molecule has 0 heterocycles. The Bertz CT molecular complexity index is 1360. The number of aromatic hydroxyl groups is 1. The molecular formula is C34H46N2O9. The first-order valence-electron chi connectivity index (χ1n) is 16.0. The minimum absolute atomic E-state index is 0.0243. The van der Waals surface area contributed by atoms with Crippen molar-refractivity contribution in [3.8, 4) is 5.75 Å². The molecule has 11 heteroatoms. The molecule has 8 atom stereocenters. The summed E-state index contributed by atoms with van der Waals surface area (Å²) in [6.45, 7) is 4.87. The number of ether oxygens (including phenoxy) is 1. The van der Waals surface area contributed by atoms with Crippen molar-refractivity contribution in [2.75, 3.05) is 19.8 Å². The molecule has 0 bridgehead atoms. The van der Waals surface area contributed by atoms with Gasteiger partial charge in [0.05, 0.1) is 18.4 Å². The van der Waals surface area contributed by atoms with E-state index >= 15 is 0 Å². The fraction of sp³-hybridized carbons (Fsp3) is 0.647. The number of fused-ring (bicyclic) bond motifs is 5. The van der Waals surface area contributed by atoms with Gasteiger partial charge >= 0.3 is 5.97 Å². The minimum atomic E-state index is -1.62. The van der Waals surface area contributed by atoms with E-state index in [1.54, 1.807) is 19.1 Å². The molecule has 3 saturated carbocycles. The molecule has 0 unspecified atom stereocenters. The molecule has 0 aromatic heterocycles. The highest BCUT2D eigenvalue weighted by Crippen LogP contribution is 2.67. The molecule has 246 valence electrons. The van der Waals surface area contributed by atoms with E-state index in [1.807, 2.05) is 13.0 Å². The number of allylic oxidation sites excluding steroid dienone is 2. The molecule has 5 rings (SSSR count). The highest BCUT2D eigenvalue weighted by atomic mass is 16.6. The lowest BCUT2D eigenvalue weighted by atomic mass is 9.45. The van der Waals surface area contributed by atoms with Crippen molar-refractivity contribution < 1.29 is 44.4 Å². The largest absolute Gasteiger partial charge is 0.508 e. The number of oxime groups is 1. The number of aliphatic hydroxyl groups is 3. The van der Waals surface area contributed by atoms with Crippen LogP contribution in [0.25, 0.3) is 0 Å². The average molecular weight is 627 g/mol. The maximum atomic E-state index is 12.7. The van der Waals surface area contributed by atoms with Crippen LogP contribution in [-0.4, -0.2) is 81.4 Å². The Labute approximate surface area is 263 Å². The summed E-state index contributed by atoms with van der Waals surface area (Å²) in [5, 5.41) is 49.0. The Morgan fingerprint density at radius 3 is 2.53 bits per heavy atom. The van der Waals surface area contributed by atoms with Crippen LogP contribution in [0.1, 0.15) is 71.3 Å². The van der Waals surface area contributed by atoms with E-state index in [0.717, 1.165) is 24.8 Å². The van der Waals surface area contributed by atoms with Gasteiger partial charge in [-0.15, -0.1) is 0 Å². The van der Waals surface area contributed by atoms with Crippen molar-refractivity contribution in [1.82, 2.24) is 5.32 Å². The predicted octanol–water partition coefficient (Wildman–Crippen LogP) is 2.58. The molecule has 1 amide bonds. The molecule has 1 aromatic rings. The van der Waals surface area contributed by atoms with Gasteiger partial charge in [-0.05, 0) is 98.8 Å². The van der Waals surface area contributed by atoms with Crippen LogP contribution in [-0.2, 0) is 30.4 Å². The van der Waals surface area contributed by atoms with E-state index in [4.69, 9.17) is 9.57 Å². The maximum absolute atomic E-state index is 12.7. The first-order chi connectivity index (χ1) is 21.4. The number of phenolic OH excluding ortho intramolecular Hbond substituents is 1. The van der Waals surface area contributed by atoms with Gasteiger partial charge in [-0.25, -0.2) is 4.79 Å². The molecule has 0 spiro atoms. The number of esters is 1. The second kappa shape index (κ2) is 12.8. The number of nitrogens with zero attached hydrogens (tertiary/aromatic N) is 1. The van der Waals surface area contributed by atoms with Crippen LogP contribution >= 0.6 is 0 Å². The number of hydrogen-bond donors (Lipinski definition) is 5. The third-order valence-corrected chi connectivity index (χ3v) is 11.3. The number of amides is 1. The van der Waals surface area contributed by atoms with Gasteiger partial charge in [-0.1, -0.05) is 36.7 Å². The molecule has 45 heavy (non-hydrogen) atoms. The molecule has 5 N–H and O–H groups in total. The lowest BCUT2D eigenvalue weighted by Gasteiger charge is -2.60. The number of aliphatic hydroxyl groups excluding tert-OH is 2. The summed E-state index contributed by atoms with van der Waals surface area (Å²) in [6, 6.07) is 5.44. The summed E-state index contributed by atoms with van der Waals surface area (Å²) in [5.74, 6) is -1.34. The van der Waals surface area contributed by atoms with Crippen LogP contribution in [0.4, 0.5) is 0 Å². The van der Waals surface area contributed by atoms with E-state index < -0.39 is 47.4 Å². The van der Waals surface area contributed by atoms with Crippen LogP contribution in [0.3, 0.4) is 0 Å². The normalized spacial score (nSPS) is 35.3. The highest BCUT2D eigenvalue weighted by molar-refractivity contribution is 5.96. The molecule has 4 aliphatic rings. The lowest BCUT2D eigenvalue weighted by molar-refractivity contribution is -0.181. The van der Waals surface area contributed by atoms with Crippen molar-refractivity contribution in [3.05, 3.63) is 41.5 Å². The summed E-state index contributed by atoms with van der Waals surface area (Å²) in [7, 11) is 0. The Morgan fingerprint density at radius 2 is 1.84 bits per heavy atom. The zero-order valence-electron chi connectivity index (χ0n) is 26.3. The monoisotopic (exact) mass is 626 g/mol. The zero-order valence-corrected chi connectivity index (χ0v) is 26.3. The first-order valence-corrected chi connectivity index (χ1v) is 16.0. The molecule has 11 nitrogen and oxygen atoms in total. The topological polar surface area (TPSA) is 175 Å². The third kappa shape index (κ3) is 6.02. The number of nitrogens with one attached hydrogen (secondary N) is 1. The van der Waals surface area contributed by atoms with E-state index in [0.29, 0.717) is 31.4 Å². The average Bonchev–Trinajstić information content (AvgIpc) is 3.28. The van der Waals surface area contributed by atoms with Gasteiger partial charge in [-0.2, -0.15) is 0 Å². The summed E-state index contributed by atoms with van der Waals surface area (Å²) in [6.07, 6.45) is 5.76. The summed E-state index contributed by atoms with van der Waals surface area (Å²) in [5.41, 5.74) is -0.0411. The standard InChI is InChI=1S/C34H46N2O9/c1-4-44-31(42)26(15-20-5-8-23(38)9-6-20)35-29(41)19-45-36-22-11-13-32(2)21(16-22)7-10-24-25-12-14-34(43,28(40)18-37)33(25,3)17-27(39)30(24)32/h5-6,8-9,16,24-27,30,37-39,43H,4,7,10-15,17-19H2,1-3H3,(H,35,41)/t24-,25+,26-,27-,30-,32+,33-,34-/m0/s1. The zero-order chi connectivity index (χ0) is 32.6. The van der Waals surface area contributed by atoms with Gasteiger partial charge in [-0.3, -0.25) is 9.59 Å². The van der Waals surface area contributed by atoms with Gasteiger partial charge in [0, 0.05) is 11.8 Å². The van der Waals surface area contributed by atoms with Crippen molar-refractivity contribution in [1.29, 1.82) is 0 Å². The van der Waals surface area contributed by atoms with Crippen molar-refractivity contribution >= 4 is 23.4 Å². The van der Waals surface area contributed by atoms with Crippen molar-refractivity contribution in [3.63, 3.8) is 0 Å². The van der Waals surface area contributed by atoms with Crippen LogP contribution in [0.15, 0.2) is 41.1 Å². The summed E-state index contributed by atoms with van der Waals surface area (Å²) in [4.78, 5) is 43.3. The van der Waals surface area contributed by atoms with Crippen LogP contribution in [0, 0.1) is 28.6 Å². The Balaban J connectivity index is 1.23. The van der Waals surface area contributed by atoms with E-state index in [2.05, 4.69) is 17.4 Å². The van der Waals surface area contributed by atoms with Crippen LogP contribution in [0.5, 0.6) is 5.75 Å². The molecular weight excluding hydrogens is 580 g/mol. The Hall–Kier alpha value is -3.28. The van der Waals surface area contributed by atoms with Gasteiger partial charge in [0.25, 0.3) is 5.91 Å². The molecule has 0 saturated heterocycles. The highest BCUT2D eigenvalue weighted by Gasteiger charge is 2.68. The minimum Gasteiger partial charge on any atom is -0.508 e.